The van der Waals surface area contributed by atoms with E-state index >= 15 is 0 Å². The van der Waals surface area contributed by atoms with Crippen molar-refractivity contribution >= 4 is 11.5 Å². The normalized spacial score (nSPS) is 20.7. The van der Waals surface area contributed by atoms with Crippen LogP contribution in [0.4, 0.5) is 11.5 Å². The third-order valence-corrected chi connectivity index (χ3v) is 4.95. The zero-order valence-electron chi connectivity index (χ0n) is 17.6. The van der Waals surface area contributed by atoms with E-state index in [1.54, 1.807) is 12.1 Å². The fourth-order valence-electron chi connectivity index (χ4n) is 3.43. The van der Waals surface area contributed by atoms with Crippen LogP contribution in [0.25, 0.3) is 0 Å². The van der Waals surface area contributed by atoms with Gasteiger partial charge in [0.1, 0.15) is 6.10 Å². The van der Waals surface area contributed by atoms with Crippen molar-refractivity contribution in [3.05, 3.63) is 95.1 Å². The molecule has 1 aromatic heterocycles. The summed E-state index contributed by atoms with van der Waals surface area (Å²) in [7, 11) is 0. The van der Waals surface area contributed by atoms with Crippen molar-refractivity contribution in [2.24, 2.45) is 5.18 Å². The van der Waals surface area contributed by atoms with Gasteiger partial charge in [-0.25, -0.2) is 10.0 Å². The third-order valence-electron chi connectivity index (χ3n) is 4.95. The molecular formula is C25H29N3O2. The average Bonchev–Trinajstić information content (AvgIpc) is 2.82. The van der Waals surface area contributed by atoms with Crippen LogP contribution in [0.5, 0.6) is 0 Å². The Bertz CT molecular complexity index is 908. The second kappa shape index (κ2) is 11.2. The molecule has 2 aliphatic heterocycles. The minimum atomic E-state index is 0.245. The van der Waals surface area contributed by atoms with Crippen LogP contribution >= 0.6 is 0 Å². The third kappa shape index (κ3) is 6.49. The highest BCUT2D eigenvalue weighted by atomic mass is 16.7. The van der Waals surface area contributed by atoms with Crippen LogP contribution in [-0.4, -0.2) is 17.1 Å². The largest absolute Gasteiger partial charge is 0.265 e. The summed E-state index contributed by atoms with van der Waals surface area (Å²) in [5.74, 6) is 0.245. The summed E-state index contributed by atoms with van der Waals surface area (Å²) in [6.45, 7) is 3.93. The number of pyridine rings is 1. The highest BCUT2D eigenvalue weighted by Crippen LogP contribution is 2.32. The number of fused-ring (bicyclic) bond motifs is 2. The Morgan fingerprint density at radius 3 is 2.23 bits per heavy atom. The number of nitrogens with zero attached hydrogens (tertiary/aromatic N) is 3. The van der Waals surface area contributed by atoms with Gasteiger partial charge in [-0.1, -0.05) is 54.7 Å². The second-order valence-corrected chi connectivity index (χ2v) is 7.50. The first-order valence-corrected chi connectivity index (χ1v) is 10.5. The lowest BCUT2D eigenvalue weighted by atomic mass is 9.98. The number of nitroso groups, excluding NO2 is 1. The molecule has 2 bridgehead atoms. The van der Waals surface area contributed by atoms with Crippen molar-refractivity contribution in [1.82, 2.24) is 4.98 Å². The van der Waals surface area contributed by atoms with Gasteiger partial charge in [-0.05, 0) is 74.5 Å². The number of hydrogen-bond acceptors (Lipinski definition) is 5. The van der Waals surface area contributed by atoms with E-state index in [-0.39, 0.29) is 11.9 Å². The molecule has 156 valence electrons. The van der Waals surface area contributed by atoms with E-state index in [0.29, 0.717) is 6.04 Å². The smallest absolute Gasteiger partial charge is 0.196 e. The van der Waals surface area contributed by atoms with E-state index in [9.17, 15) is 4.91 Å². The first-order chi connectivity index (χ1) is 14.7. The number of allylic oxidation sites excluding steroid dienone is 4. The van der Waals surface area contributed by atoms with E-state index in [2.05, 4.69) is 82.9 Å². The Labute approximate surface area is 178 Å². The number of hydroxylamine groups is 1. The molecule has 1 fully saturated rings. The van der Waals surface area contributed by atoms with E-state index in [1.165, 1.54) is 30.5 Å². The Morgan fingerprint density at radius 2 is 1.77 bits per heavy atom. The summed E-state index contributed by atoms with van der Waals surface area (Å²) >= 11 is 0. The number of aromatic nitrogens is 1. The summed E-state index contributed by atoms with van der Waals surface area (Å²) in [5, 5.41) is 4.73. The van der Waals surface area contributed by atoms with E-state index in [1.807, 2.05) is 13.0 Å². The minimum absolute atomic E-state index is 0.245. The highest BCUT2D eigenvalue weighted by Gasteiger charge is 2.31. The van der Waals surface area contributed by atoms with Crippen LogP contribution in [0.1, 0.15) is 36.9 Å². The van der Waals surface area contributed by atoms with Crippen LogP contribution < -0.4 is 5.06 Å². The van der Waals surface area contributed by atoms with Gasteiger partial charge in [0.2, 0.25) is 0 Å². The molecule has 2 atom stereocenters. The summed E-state index contributed by atoms with van der Waals surface area (Å²) in [6, 6.07) is 14.0. The van der Waals surface area contributed by atoms with Crippen LogP contribution in [0.2, 0.25) is 0 Å². The maximum atomic E-state index is 9.85. The molecule has 0 radical (unpaired) electrons. The molecule has 2 aromatic rings. The molecule has 0 spiro atoms. The molecule has 30 heavy (non-hydrogen) atoms. The van der Waals surface area contributed by atoms with Gasteiger partial charge >= 0.3 is 0 Å². The zero-order chi connectivity index (χ0) is 21.2. The Hall–Kier alpha value is -3.05. The average molecular weight is 404 g/mol. The summed E-state index contributed by atoms with van der Waals surface area (Å²) in [5.41, 5.74) is 3.27. The van der Waals surface area contributed by atoms with Crippen molar-refractivity contribution < 1.29 is 4.84 Å². The Morgan fingerprint density at radius 1 is 1.00 bits per heavy atom. The SMILES string of the molecule is C1=CCCC=C1.Cc1cccc(N2OC3C=C[C@H]2CC3)c1.Cc1cccc(N=O)n1. The van der Waals surface area contributed by atoms with Gasteiger partial charge in [-0.2, -0.15) is 0 Å². The van der Waals surface area contributed by atoms with Crippen LogP contribution in [-0.2, 0) is 4.84 Å². The first-order valence-electron chi connectivity index (χ1n) is 10.5. The predicted molar refractivity (Wildman–Crippen MR) is 123 cm³/mol. The zero-order valence-corrected chi connectivity index (χ0v) is 17.6. The standard InChI is InChI=1S/C13H15NO.C6H6N2O.C6H8/c1-10-3-2-4-12(9-10)14-11-5-7-13(15-14)8-6-11;1-5-3-2-4-6(7-5)8-9;1-2-4-6-5-3-1/h2-5,7,9,11,13H,6,8H2,1H3;2-4H,1H3;1-4H,5-6H2/t11-,13?;;/m0../s1. The highest BCUT2D eigenvalue weighted by molar-refractivity contribution is 5.49. The first kappa shape index (κ1) is 21.7. The fourth-order valence-corrected chi connectivity index (χ4v) is 3.43. The van der Waals surface area contributed by atoms with Crippen LogP contribution in [0, 0.1) is 18.8 Å². The monoisotopic (exact) mass is 403 g/mol. The van der Waals surface area contributed by atoms with Gasteiger partial charge in [-0.3, -0.25) is 4.84 Å². The molecule has 1 saturated heterocycles. The number of hydrogen-bond donors (Lipinski definition) is 0. The van der Waals surface area contributed by atoms with Crippen molar-refractivity contribution in [3.63, 3.8) is 0 Å². The number of benzene rings is 1. The fraction of sp³-hybridized carbons (Fsp3) is 0.320. The molecule has 3 heterocycles. The predicted octanol–water partition coefficient (Wildman–Crippen LogP) is 6.51. The molecule has 1 unspecified atom stereocenters. The molecule has 0 N–H and O–H groups in total. The van der Waals surface area contributed by atoms with Crippen molar-refractivity contribution in [2.75, 3.05) is 5.06 Å². The minimum Gasteiger partial charge on any atom is -0.265 e. The van der Waals surface area contributed by atoms with Crippen molar-refractivity contribution in [3.8, 4) is 0 Å². The molecular weight excluding hydrogens is 374 g/mol. The topological polar surface area (TPSA) is 54.8 Å². The van der Waals surface area contributed by atoms with Crippen LogP contribution in [0.15, 0.2) is 84.1 Å². The lowest BCUT2D eigenvalue weighted by Crippen LogP contribution is -2.45. The molecule has 5 nitrogen and oxygen atoms in total. The molecule has 0 amide bonds. The maximum Gasteiger partial charge on any atom is 0.196 e. The maximum absolute atomic E-state index is 9.85. The molecule has 2 aliphatic carbocycles. The van der Waals surface area contributed by atoms with Gasteiger partial charge in [0, 0.05) is 5.69 Å². The lowest BCUT2D eigenvalue weighted by Gasteiger charge is -2.41. The molecule has 0 saturated carbocycles. The summed E-state index contributed by atoms with van der Waals surface area (Å²) < 4.78 is 0. The lowest BCUT2D eigenvalue weighted by molar-refractivity contribution is 0.00351. The van der Waals surface area contributed by atoms with Crippen molar-refractivity contribution in [1.29, 1.82) is 0 Å². The molecule has 5 heteroatoms. The van der Waals surface area contributed by atoms with Gasteiger partial charge in [0.25, 0.3) is 0 Å². The van der Waals surface area contributed by atoms with Crippen LogP contribution in [0.3, 0.4) is 0 Å². The van der Waals surface area contributed by atoms with Gasteiger partial charge < -0.3 is 0 Å². The van der Waals surface area contributed by atoms with Crippen molar-refractivity contribution in [2.45, 2.75) is 51.7 Å². The Balaban J connectivity index is 0.000000145. The quantitative estimate of drug-likeness (QED) is 0.423. The molecule has 6 rings (SSSR count). The number of rotatable bonds is 2. The summed E-state index contributed by atoms with van der Waals surface area (Å²) in [4.78, 5) is 19.5. The number of anilines is 1. The molecule has 1 aromatic carbocycles. The van der Waals surface area contributed by atoms with Gasteiger partial charge in [0.05, 0.1) is 11.7 Å². The number of aryl methyl sites for hydroxylation is 2. The van der Waals surface area contributed by atoms with E-state index in [4.69, 9.17) is 4.84 Å². The van der Waals surface area contributed by atoms with Gasteiger partial charge in [-0.15, -0.1) is 4.91 Å². The second-order valence-electron chi connectivity index (χ2n) is 7.50. The summed E-state index contributed by atoms with van der Waals surface area (Å²) in [6.07, 6.45) is 18.1. The Kier molecular flexibility index (Phi) is 8.10. The van der Waals surface area contributed by atoms with E-state index in [0.717, 1.165) is 12.1 Å². The van der Waals surface area contributed by atoms with Gasteiger partial charge in [0.15, 0.2) is 5.82 Å². The van der Waals surface area contributed by atoms with E-state index < -0.39 is 0 Å². The molecule has 4 aliphatic rings.